The van der Waals surface area contributed by atoms with Crippen LogP contribution in [0, 0.1) is 6.92 Å². The lowest BCUT2D eigenvalue weighted by molar-refractivity contribution is -0.153. The van der Waals surface area contributed by atoms with E-state index >= 15 is 0 Å². The maximum absolute atomic E-state index is 12.7. The number of piperidine rings is 1. The number of rotatable bonds is 2. The molecule has 1 aromatic heterocycles. The van der Waals surface area contributed by atoms with E-state index in [1.54, 1.807) is 17.9 Å². The molecule has 7 nitrogen and oxygen atoms in total. The molecule has 3 heterocycles. The molecule has 0 N–H and O–H groups in total. The van der Waals surface area contributed by atoms with Gasteiger partial charge in [0, 0.05) is 18.5 Å². The fourth-order valence-electron chi connectivity index (χ4n) is 3.39. The van der Waals surface area contributed by atoms with E-state index in [2.05, 4.69) is 5.16 Å². The molecule has 2 saturated heterocycles. The van der Waals surface area contributed by atoms with E-state index < -0.39 is 6.10 Å². The van der Waals surface area contributed by atoms with E-state index in [0.717, 1.165) is 12.8 Å². The minimum atomic E-state index is -0.598. The second kappa shape index (κ2) is 5.72. The maximum Gasteiger partial charge on any atom is 0.335 e. The zero-order valence-electron chi connectivity index (χ0n) is 12.9. The van der Waals surface area contributed by atoms with Crippen LogP contribution in [-0.2, 0) is 14.3 Å². The molecule has 2 fully saturated rings. The van der Waals surface area contributed by atoms with Crippen molar-refractivity contribution in [3.8, 4) is 0 Å². The van der Waals surface area contributed by atoms with Gasteiger partial charge in [0.15, 0.2) is 11.8 Å². The summed E-state index contributed by atoms with van der Waals surface area (Å²) in [5, 5.41) is 3.81. The first-order valence-electron chi connectivity index (χ1n) is 7.50. The fraction of sp³-hybridized carbons (Fsp3) is 0.667. The number of hydrogen-bond donors (Lipinski definition) is 0. The summed E-state index contributed by atoms with van der Waals surface area (Å²) >= 11 is 0. The first-order valence-corrected chi connectivity index (χ1v) is 7.50. The Morgan fingerprint density at radius 3 is 2.82 bits per heavy atom. The van der Waals surface area contributed by atoms with E-state index in [9.17, 15) is 9.59 Å². The molecule has 4 atom stereocenters. The van der Waals surface area contributed by atoms with E-state index in [1.165, 1.54) is 7.11 Å². The number of ether oxygens (including phenoxy) is 2. The van der Waals surface area contributed by atoms with Crippen molar-refractivity contribution in [1.29, 1.82) is 0 Å². The molecule has 3 rings (SSSR count). The van der Waals surface area contributed by atoms with Crippen molar-refractivity contribution in [2.24, 2.45) is 0 Å². The van der Waals surface area contributed by atoms with Gasteiger partial charge in [-0.25, -0.2) is 4.79 Å². The molecule has 0 aromatic carbocycles. The monoisotopic (exact) mass is 308 g/mol. The zero-order valence-corrected chi connectivity index (χ0v) is 12.9. The number of aromatic nitrogens is 1. The van der Waals surface area contributed by atoms with Gasteiger partial charge >= 0.3 is 5.97 Å². The molecule has 0 bridgehead atoms. The van der Waals surface area contributed by atoms with Crippen molar-refractivity contribution < 1.29 is 23.6 Å². The van der Waals surface area contributed by atoms with Crippen molar-refractivity contribution in [3.63, 3.8) is 0 Å². The van der Waals surface area contributed by atoms with Gasteiger partial charge in [0.25, 0.3) is 5.91 Å². The third-order valence-electron chi connectivity index (χ3n) is 4.47. The largest absolute Gasteiger partial charge is 0.467 e. The highest BCUT2D eigenvalue weighted by Crippen LogP contribution is 2.36. The molecule has 1 amide bonds. The summed E-state index contributed by atoms with van der Waals surface area (Å²) in [4.78, 5) is 26.2. The number of methoxy groups -OCH3 is 1. The Labute approximate surface area is 128 Å². The normalized spacial score (nSPS) is 31.0. The topological polar surface area (TPSA) is 81.9 Å². The Hall–Kier alpha value is -1.89. The molecule has 0 radical (unpaired) electrons. The molecule has 1 aromatic rings. The maximum atomic E-state index is 12.7. The Morgan fingerprint density at radius 2 is 2.18 bits per heavy atom. The number of likely N-dealkylation sites (tertiary alicyclic amines) is 1. The predicted octanol–water partition coefficient (Wildman–Crippen LogP) is 1.31. The van der Waals surface area contributed by atoms with Gasteiger partial charge in [0.1, 0.15) is 5.76 Å². The number of nitrogens with zero attached hydrogens (tertiary/aromatic N) is 2. The third-order valence-corrected chi connectivity index (χ3v) is 4.47. The number of fused-ring (bicyclic) bond motifs is 1. The molecule has 2 aliphatic heterocycles. The molecule has 7 heteroatoms. The van der Waals surface area contributed by atoms with E-state index in [1.807, 2.05) is 6.92 Å². The molecule has 22 heavy (non-hydrogen) atoms. The first kappa shape index (κ1) is 15.0. The zero-order chi connectivity index (χ0) is 15.9. The van der Waals surface area contributed by atoms with E-state index in [4.69, 9.17) is 14.0 Å². The van der Waals surface area contributed by atoms with Crippen molar-refractivity contribution in [2.45, 2.75) is 57.4 Å². The number of carbonyl (C=O) groups is 2. The minimum absolute atomic E-state index is 0.0748. The molecule has 0 saturated carbocycles. The van der Waals surface area contributed by atoms with Crippen LogP contribution in [0.2, 0.25) is 0 Å². The van der Waals surface area contributed by atoms with Crippen molar-refractivity contribution in [2.75, 3.05) is 7.11 Å². The van der Waals surface area contributed by atoms with Gasteiger partial charge in [-0.2, -0.15) is 0 Å². The second-order valence-electron chi connectivity index (χ2n) is 5.95. The number of hydrogen-bond acceptors (Lipinski definition) is 6. The standard InChI is InChI=1S/C15H20N2O5/c1-8-4-5-12-11(7-13(21-12)15(19)20-3)17(8)14(18)10-6-9(2)22-16-10/h6,8,11-13H,4-5,7H2,1-3H3/t8-,11-,12+,13+/m1/s1. The van der Waals surface area contributed by atoms with E-state index in [0.29, 0.717) is 17.9 Å². The average molecular weight is 308 g/mol. The van der Waals surface area contributed by atoms with Gasteiger partial charge in [-0.05, 0) is 26.7 Å². The molecular weight excluding hydrogens is 288 g/mol. The first-order chi connectivity index (χ1) is 10.5. The molecule has 0 unspecified atom stereocenters. The summed E-state index contributed by atoms with van der Waals surface area (Å²) in [5.74, 6) is 0.0413. The van der Waals surface area contributed by atoms with Crippen LogP contribution >= 0.6 is 0 Å². The Bertz CT molecular complexity index is 584. The van der Waals surface area contributed by atoms with Gasteiger partial charge in [-0.15, -0.1) is 0 Å². The fourth-order valence-corrected chi connectivity index (χ4v) is 3.39. The highest BCUT2D eigenvalue weighted by atomic mass is 16.6. The Kier molecular flexibility index (Phi) is 3.90. The summed E-state index contributed by atoms with van der Waals surface area (Å²) in [7, 11) is 1.34. The molecule has 0 aliphatic carbocycles. The van der Waals surface area contributed by atoms with Gasteiger partial charge in [-0.1, -0.05) is 5.16 Å². The van der Waals surface area contributed by atoms with Crippen LogP contribution in [0.4, 0.5) is 0 Å². The lowest BCUT2D eigenvalue weighted by Crippen LogP contribution is -2.53. The van der Waals surface area contributed by atoms with Crippen molar-refractivity contribution in [3.05, 3.63) is 17.5 Å². The summed E-state index contributed by atoms with van der Waals surface area (Å²) in [5.41, 5.74) is 0.298. The molecule has 120 valence electrons. The van der Waals surface area contributed by atoms with Crippen LogP contribution in [0.25, 0.3) is 0 Å². The number of amides is 1. The Morgan fingerprint density at radius 1 is 1.41 bits per heavy atom. The van der Waals surface area contributed by atoms with Gasteiger partial charge < -0.3 is 18.9 Å². The van der Waals surface area contributed by atoms with Crippen LogP contribution in [0.3, 0.4) is 0 Å². The lowest BCUT2D eigenvalue weighted by Gasteiger charge is -2.41. The summed E-state index contributed by atoms with van der Waals surface area (Å²) in [6.45, 7) is 3.75. The molecular formula is C15H20N2O5. The predicted molar refractivity (Wildman–Crippen MR) is 75.2 cm³/mol. The van der Waals surface area contributed by atoms with Gasteiger partial charge in [0.05, 0.1) is 19.3 Å². The van der Waals surface area contributed by atoms with Gasteiger partial charge in [-0.3, -0.25) is 4.79 Å². The average Bonchev–Trinajstić information content (AvgIpc) is 3.11. The number of esters is 1. The third kappa shape index (κ3) is 2.49. The van der Waals surface area contributed by atoms with Crippen LogP contribution in [0.15, 0.2) is 10.6 Å². The second-order valence-corrected chi connectivity index (χ2v) is 5.95. The Balaban J connectivity index is 1.82. The van der Waals surface area contributed by atoms with Crippen LogP contribution in [0.5, 0.6) is 0 Å². The highest BCUT2D eigenvalue weighted by molar-refractivity contribution is 5.93. The SMILES string of the molecule is COC(=O)[C@@H]1C[C@@H]2[C@H](CC[C@@H](C)N2C(=O)c2cc(C)on2)O1. The van der Waals surface area contributed by atoms with Crippen molar-refractivity contribution >= 4 is 11.9 Å². The molecule has 0 spiro atoms. The van der Waals surface area contributed by atoms with E-state index in [-0.39, 0.29) is 30.1 Å². The summed E-state index contributed by atoms with van der Waals surface area (Å²) in [6, 6.07) is 1.58. The summed E-state index contributed by atoms with van der Waals surface area (Å²) in [6.07, 6.45) is 1.40. The van der Waals surface area contributed by atoms with Crippen LogP contribution < -0.4 is 0 Å². The van der Waals surface area contributed by atoms with Crippen LogP contribution in [-0.4, -0.2) is 53.3 Å². The molecule has 2 aliphatic rings. The van der Waals surface area contributed by atoms with Gasteiger partial charge in [0.2, 0.25) is 0 Å². The highest BCUT2D eigenvalue weighted by Gasteiger charge is 2.48. The van der Waals surface area contributed by atoms with Crippen LogP contribution in [0.1, 0.15) is 42.4 Å². The smallest absolute Gasteiger partial charge is 0.335 e. The number of carbonyl (C=O) groups excluding carboxylic acids is 2. The lowest BCUT2D eigenvalue weighted by atomic mass is 9.92. The van der Waals surface area contributed by atoms with Crippen molar-refractivity contribution in [1.82, 2.24) is 10.1 Å². The minimum Gasteiger partial charge on any atom is -0.467 e. The quantitative estimate of drug-likeness (QED) is 0.766. The number of aryl methyl sites for hydroxylation is 1. The summed E-state index contributed by atoms with van der Waals surface area (Å²) < 4.78 is 15.5.